The average molecular weight is 364 g/mol. The van der Waals surface area contributed by atoms with Crippen molar-refractivity contribution >= 4 is 10.9 Å². The lowest BCUT2D eigenvalue weighted by Crippen LogP contribution is -2.43. The number of benzene rings is 1. The molecular weight excluding hydrogens is 330 g/mol. The summed E-state index contributed by atoms with van der Waals surface area (Å²) in [4.78, 5) is 2.59. The van der Waals surface area contributed by atoms with E-state index >= 15 is 0 Å². The molecule has 3 heteroatoms. The van der Waals surface area contributed by atoms with Gasteiger partial charge in [-0.05, 0) is 74.9 Å². The van der Waals surface area contributed by atoms with Gasteiger partial charge in [-0.15, -0.1) is 0 Å². The molecule has 1 N–H and O–H groups in total. The first kappa shape index (κ1) is 18.5. The minimum atomic E-state index is 1.05. The minimum absolute atomic E-state index is 1.05. The molecule has 0 atom stereocenters. The molecule has 1 saturated heterocycles. The Kier molecular flexibility index (Phi) is 5.80. The van der Waals surface area contributed by atoms with Gasteiger partial charge in [-0.1, -0.05) is 24.3 Å². The molecule has 2 aliphatic rings. The molecule has 0 radical (unpaired) electrons. The van der Waals surface area contributed by atoms with Gasteiger partial charge < -0.3 is 14.8 Å². The lowest BCUT2D eigenvalue weighted by Gasteiger charge is -2.27. The lowest BCUT2D eigenvalue weighted by molar-refractivity contribution is 0.235. The van der Waals surface area contributed by atoms with E-state index in [0.29, 0.717) is 0 Å². The van der Waals surface area contributed by atoms with Crippen LogP contribution >= 0.6 is 0 Å². The number of hydrogen-bond donors (Lipinski definition) is 1. The van der Waals surface area contributed by atoms with Gasteiger partial charge in [0.05, 0.1) is 0 Å². The molecular formula is C24H33N3. The number of aromatic nitrogens is 1. The Hall–Kier alpha value is -1.84. The molecule has 1 aromatic carbocycles. The molecule has 0 amide bonds. The standard InChI is InChI=1S/C24H33N3/c1-19-20(2)27(14-6-13-26-15-11-25-12-16-26)24-10-9-22(18-23(19)24)17-21-7-4-3-5-8-21/h4,7-10,18,25H,3,5-6,11-17H2,1-2H3. The van der Waals surface area contributed by atoms with Crippen molar-refractivity contribution < 1.29 is 0 Å². The predicted molar refractivity (Wildman–Crippen MR) is 115 cm³/mol. The number of nitrogens with one attached hydrogen (secondary N) is 1. The van der Waals surface area contributed by atoms with E-state index in [0.717, 1.165) is 26.1 Å². The SMILES string of the molecule is Cc1c(C)n(CCCN2CCNCC2)c2ccc(CC3=CCCC=C3)cc12. The van der Waals surface area contributed by atoms with Gasteiger partial charge in [0.2, 0.25) is 0 Å². The summed E-state index contributed by atoms with van der Waals surface area (Å²) in [7, 11) is 0. The molecule has 3 nitrogen and oxygen atoms in total. The van der Waals surface area contributed by atoms with E-state index < -0.39 is 0 Å². The van der Waals surface area contributed by atoms with Gasteiger partial charge in [0.25, 0.3) is 0 Å². The second-order valence-corrected chi connectivity index (χ2v) is 8.09. The van der Waals surface area contributed by atoms with Gasteiger partial charge >= 0.3 is 0 Å². The molecule has 1 fully saturated rings. The van der Waals surface area contributed by atoms with Crippen molar-refractivity contribution in [3.8, 4) is 0 Å². The third-order valence-corrected chi connectivity index (χ3v) is 6.25. The fourth-order valence-electron chi connectivity index (χ4n) is 4.52. The molecule has 2 aromatic rings. The van der Waals surface area contributed by atoms with E-state index in [-0.39, 0.29) is 0 Å². The summed E-state index contributed by atoms with van der Waals surface area (Å²) < 4.78 is 2.54. The number of piperazine rings is 1. The van der Waals surface area contributed by atoms with Crippen LogP contribution in [0.4, 0.5) is 0 Å². The van der Waals surface area contributed by atoms with Crippen molar-refractivity contribution in [2.24, 2.45) is 0 Å². The van der Waals surface area contributed by atoms with Gasteiger partial charge in [0.15, 0.2) is 0 Å². The van der Waals surface area contributed by atoms with Crippen LogP contribution in [-0.2, 0) is 13.0 Å². The van der Waals surface area contributed by atoms with Crippen molar-refractivity contribution in [2.75, 3.05) is 32.7 Å². The van der Waals surface area contributed by atoms with E-state index in [2.05, 4.69) is 65.1 Å². The zero-order chi connectivity index (χ0) is 18.6. The smallest absolute Gasteiger partial charge is 0.0485 e. The zero-order valence-electron chi connectivity index (χ0n) is 16.9. The summed E-state index contributed by atoms with van der Waals surface area (Å²) in [6.45, 7) is 11.6. The quantitative estimate of drug-likeness (QED) is 0.822. The molecule has 4 rings (SSSR count). The van der Waals surface area contributed by atoms with Crippen LogP contribution in [0.3, 0.4) is 0 Å². The van der Waals surface area contributed by atoms with Gasteiger partial charge in [-0.25, -0.2) is 0 Å². The van der Waals surface area contributed by atoms with Crippen LogP contribution in [0.1, 0.15) is 36.1 Å². The lowest BCUT2D eigenvalue weighted by atomic mass is 9.98. The Morgan fingerprint density at radius 2 is 1.89 bits per heavy atom. The van der Waals surface area contributed by atoms with Crippen LogP contribution < -0.4 is 5.32 Å². The Bertz CT molecular complexity index is 850. The molecule has 0 bridgehead atoms. The van der Waals surface area contributed by atoms with E-state index in [1.165, 1.54) is 72.2 Å². The van der Waals surface area contributed by atoms with Crippen LogP contribution in [0.25, 0.3) is 10.9 Å². The Morgan fingerprint density at radius 3 is 2.67 bits per heavy atom. The summed E-state index contributed by atoms with van der Waals surface area (Å²) >= 11 is 0. The number of rotatable bonds is 6. The number of fused-ring (bicyclic) bond motifs is 1. The monoisotopic (exact) mass is 363 g/mol. The van der Waals surface area contributed by atoms with E-state index in [1.807, 2.05) is 0 Å². The second-order valence-electron chi connectivity index (χ2n) is 8.09. The highest BCUT2D eigenvalue weighted by Crippen LogP contribution is 2.28. The third-order valence-electron chi connectivity index (χ3n) is 6.25. The highest BCUT2D eigenvalue weighted by Gasteiger charge is 2.13. The first-order valence-corrected chi connectivity index (χ1v) is 10.6. The summed E-state index contributed by atoms with van der Waals surface area (Å²) in [5.41, 5.74) is 7.18. The van der Waals surface area contributed by atoms with Crippen molar-refractivity contribution in [1.82, 2.24) is 14.8 Å². The highest BCUT2D eigenvalue weighted by molar-refractivity contribution is 5.86. The molecule has 1 aliphatic carbocycles. The fraction of sp³-hybridized carbons (Fsp3) is 0.500. The number of hydrogen-bond acceptors (Lipinski definition) is 2. The first-order valence-electron chi connectivity index (χ1n) is 10.6. The van der Waals surface area contributed by atoms with Gasteiger partial charge in [0, 0.05) is 49.3 Å². The maximum Gasteiger partial charge on any atom is 0.0485 e. The Balaban J connectivity index is 1.48. The van der Waals surface area contributed by atoms with Crippen LogP contribution in [0.15, 0.2) is 42.0 Å². The molecule has 144 valence electrons. The molecule has 1 aliphatic heterocycles. The van der Waals surface area contributed by atoms with Crippen LogP contribution in [0.2, 0.25) is 0 Å². The summed E-state index contributed by atoms with van der Waals surface area (Å²) in [5.74, 6) is 0. The normalized spacial score (nSPS) is 18.2. The highest BCUT2D eigenvalue weighted by atomic mass is 15.2. The van der Waals surface area contributed by atoms with E-state index in [1.54, 1.807) is 0 Å². The van der Waals surface area contributed by atoms with Gasteiger partial charge in [-0.2, -0.15) is 0 Å². The van der Waals surface area contributed by atoms with Crippen molar-refractivity contribution in [1.29, 1.82) is 0 Å². The van der Waals surface area contributed by atoms with Crippen LogP contribution in [0, 0.1) is 13.8 Å². The fourth-order valence-corrected chi connectivity index (χ4v) is 4.52. The largest absolute Gasteiger partial charge is 0.345 e. The predicted octanol–water partition coefficient (Wildman–Crippen LogP) is 4.37. The molecule has 0 saturated carbocycles. The molecule has 27 heavy (non-hydrogen) atoms. The number of aryl methyl sites for hydroxylation is 2. The molecule has 0 unspecified atom stereocenters. The van der Waals surface area contributed by atoms with Crippen molar-refractivity contribution in [2.45, 2.75) is 46.1 Å². The van der Waals surface area contributed by atoms with Crippen LogP contribution in [-0.4, -0.2) is 42.2 Å². The van der Waals surface area contributed by atoms with Gasteiger partial charge in [-0.3, -0.25) is 0 Å². The Morgan fingerprint density at radius 1 is 1.04 bits per heavy atom. The summed E-state index contributed by atoms with van der Waals surface area (Å²) in [5, 5.41) is 4.88. The van der Waals surface area contributed by atoms with E-state index in [9.17, 15) is 0 Å². The zero-order valence-corrected chi connectivity index (χ0v) is 16.9. The Labute approximate surface area is 163 Å². The summed E-state index contributed by atoms with van der Waals surface area (Å²) in [6, 6.07) is 7.10. The van der Waals surface area contributed by atoms with Gasteiger partial charge in [0.1, 0.15) is 0 Å². The molecule has 2 heterocycles. The van der Waals surface area contributed by atoms with Crippen LogP contribution in [0.5, 0.6) is 0 Å². The third kappa shape index (κ3) is 4.20. The molecule has 0 spiro atoms. The number of allylic oxidation sites excluding steroid dienone is 4. The maximum atomic E-state index is 3.44. The second kappa shape index (κ2) is 8.45. The molecule has 1 aromatic heterocycles. The van der Waals surface area contributed by atoms with E-state index in [4.69, 9.17) is 0 Å². The minimum Gasteiger partial charge on any atom is -0.345 e. The topological polar surface area (TPSA) is 20.2 Å². The van der Waals surface area contributed by atoms with Crippen molar-refractivity contribution in [3.63, 3.8) is 0 Å². The average Bonchev–Trinajstić information content (AvgIpc) is 2.94. The summed E-state index contributed by atoms with van der Waals surface area (Å²) in [6.07, 6.45) is 11.7. The first-order chi connectivity index (χ1) is 13.2. The maximum absolute atomic E-state index is 3.44. The van der Waals surface area contributed by atoms with Crippen molar-refractivity contribution in [3.05, 3.63) is 58.8 Å². The number of nitrogens with zero attached hydrogens (tertiary/aromatic N) is 2.